The van der Waals surface area contributed by atoms with E-state index >= 15 is 0 Å². The van der Waals surface area contributed by atoms with E-state index in [2.05, 4.69) is 15.5 Å². The summed E-state index contributed by atoms with van der Waals surface area (Å²) in [7, 11) is 0. The molecule has 0 bridgehead atoms. The Morgan fingerprint density at radius 1 is 1.15 bits per heavy atom. The second kappa shape index (κ2) is 8.05. The lowest BCUT2D eigenvalue weighted by Gasteiger charge is -2.14. The summed E-state index contributed by atoms with van der Waals surface area (Å²) in [5.74, 6) is -1.10. The van der Waals surface area contributed by atoms with E-state index in [1.54, 1.807) is 31.2 Å². The van der Waals surface area contributed by atoms with E-state index in [9.17, 15) is 9.59 Å². The molecule has 1 aromatic heterocycles. The summed E-state index contributed by atoms with van der Waals surface area (Å²) in [4.78, 5) is 24.6. The molecule has 2 N–H and O–H groups in total. The topological polar surface area (TPSA) is 84.1 Å². The van der Waals surface area contributed by atoms with Crippen LogP contribution in [0.1, 0.15) is 23.0 Å². The Hall–Kier alpha value is -3.12. The first-order valence-electron chi connectivity index (χ1n) is 8.33. The largest absolute Gasteiger partial charge is 0.448 e. The van der Waals surface area contributed by atoms with Gasteiger partial charge in [0.1, 0.15) is 5.69 Å². The maximum Gasteiger partial charge on any atom is 0.357 e. The van der Waals surface area contributed by atoms with Crippen LogP contribution < -0.4 is 5.32 Å². The molecule has 2 aromatic carbocycles. The maximum atomic E-state index is 12.3. The van der Waals surface area contributed by atoms with E-state index < -0.39 is 18.0 Å². The summed E-state index contributed by atoms with van der Waals surface area (Å²) in [5, 5.41) is 10.0. The van der Waals surface area contributed by atoms with Crippen molar-refractivity contribution in [2.24, 2.45) is 0 Å². The molecule has 1 heterocycles. The van der Waals surface area contributed by atoms with Gasteiger partial charge < -0.3 is 10.1 Å². The van der Waals surface area contributed by atoms with Crippen LogP contribution in [0, 0.1) is 6.92 Å². The second-order valence-electron chi connectivity index (χ2n) is 5.98. The Bertz CT molecular complexity index is 970. The van der Waals surface area contributed by atoms with Gasteiger partial charge in [-0.05, 0) is 37.6 Å². The van der Waals surface area contributed by atoms with Gasteiger partial charge in [0.2, 0.25) is 0 Å². The van der Waals surface area contributed by atoms with E-state index in [-0.39, 0.29) is 5.69 Å². The Kier molecular flexibility index (Phi) is 5.57. The van der Waals surface area contributed by atoms with Crippen LogP contribution >= 0.6 is 11.6 Å². The molecule has 0 aliphatic heterocycles. The number of carbonyl (C=O) groups is 2. The van der Waals surface area contributed by atoms with Gasteiger partial charge in [0.25, 0.3) is 5.91 Å². The van der Waals surface area contributed by atoms with Gasteiger partial charge in [-0.15, -0.1) is 0 Å². The molecule has 0 saturated heterocycles. The number of benzene rings is 2. The molecule has 0 spiro atoms. The third-order valence-corrected chi connectivity index (χ3v) is 4.46. The molecule has 0 fully saturated rings. The van der Waals surface area contributed by atoms with Crippen LogP contribution in [0.4, 0.5) is 5.69 Å². The number of hydrogen-bond donors (Lipinski definition) is 2. The van der Waals surface area contributed by atoms with Crippen molar-refractivity contribution >= 4 is 29.2 Å². The average molecular weight is 384 g/mol. The number of amides is 1. The van der Waals surface area contributed by atoms with Gasteiger partial charge >= 0.3 is 5.97 Å². The molecule has 0 aliphatic rings. The molecular weight excluding hydrogens is 366 g/mol. The second-order valence-corrected chi connectivity index (χ2v) is 6.39. The third kappa shape index (κ3) is 4.35. The number of H-pyrrole nitrogens is 1. The summed E-state index contributed by atoms with van der Waals surface area (Å²) in [6.07, 6.45) is -0.987. The van der Waals surface area contributed by atoms with Crippen molar-refractivity contribution in [3.63, 3.8) is 0 Å². The summed E-state index contributed by atoms with van der Waals surface area (Å²) in [6.45, 7) is 3.30. The van der Waals surface area contributed by atoms with Gasteiger partial charge in [-0.2, -0.15) is 5.10 Å². The smallest absolute Gasteiger partial charge is 0.357 e. The molecule has 138 valence electrons. The zero-order valence-corrected chi connectivity index (χ0v) is 15.6. The highest BCUT2D eigenvalue weighted by molar-refractivity contribution is 6.31. The molecule has 3 aromatic rings. The third-order valence-electron chi connectivity index (χ3n) is 4.05. The number of nitrogens with zero attached hydrogens (tertiary/aromatic N) is 1. The lowest BCUT2D eigenvalue weighted by atomic mass is 10.1. The molecule has 0 radical (unpaired) electrons. The molecule has 0 saturated carbocycles. The summed E-state index contributed by atoms with van der Waals surface area (Å²) < 4.78 is 5.23. The number of rotatable bonds is 5. The quantitative estimate of drug-likeness (QED) is 0.646. The number of aromatic amines is 1. The predicted molar refractivity (Wildman–Crippen MR) is 104 cm³/mol. The van der Waals surface area contributed by atoms with Crippen molar-refractivity contribution in [1.82, 2.24) is 10.2 Å². The minimum Gasteiger partial charge on any atom is -0.448 e. The number of esters is 1. The van der Waals surface area contributed by atoms with Gasteiger partial charge in [0.05, 0.1) is 5.69 Å². The minimum absolute atomic E-state index is 0.174. The van der Waals surface area contributed by atoms with E-state index in [0.29, 0.717) is 16.4 Å². The van der Waals surface area contributed by atoms with Crippen molar-refractivity contribution < 1.29 is 14.3 Å². The average Bonchev–Trinajstić information content (AvgIpc) is 3.16. The van der Waals surface area contributed by atoms with E-state index in [1.807, 2.05) is 30.3 Å². The van der Waals surface area contributed by atoms with Gasteiger partial charge in [0, 0.05) is 16.3 Å². The van der Waals surface area contributed by atoms with Crippen molar-refractivity contribution in [3.05, 3.63) is 70.9 Å². The SMILES string of the molecule is Cc1c(Cl)cccc1NC(=O)[C@H](C)OC(=O)c1cc(-c2ccccc2)n[nH]1. The Morgan fingerprint density at radius 2 is 1.89 bits per heavy atom. The van der Waals surface area contributed by atoms with E-state index in [1.165, 1.54) is 6.92 Å². The first kappa shape index (κ1) is 18.7. The number of ether oxygens (including phenoxy) is 1. The first-order valence-corrected chi connectivity index (χ1v) is 8.71. The molecule has 27 heavy (non-hydrogen) atoms. The van der Waals surface area contributed by atoms with Crippen LogP contribution in [0.25, 0.3) is 11.3 Å². The van der Waals surface area contributed by atoms with Crippen LogP contribution in [0.15, 0.2) is 54.6 Å². The van der Waals surface area contributed by atoms with Crippen LogP contribution in [0.2, 0.25) is 5.02 Å². The van der Waals surface area contributed by atoms with Crippen LogP contribution in [-0.4, -0.2) is 28.2 Å². The number of nitrogens with one attached hydrogen (secondary N) is 2. The molecule has 0 unspecified atom stereocenters. The monoisotopic (exact) mass is 383 g/mol. The molecule has 3 rings (SSSR count). The minimum atomic E-state index is -0.987. The highest BCUT2D eigenvalue weighted by Crippen LogP contribution is 2.23. The fourth-order valence-electron chi connectivity index (χ4n) is 2.44. The predicted octanol–water partition coefficient (Wildman–Crippen LogP) is 4.22. The van der Waals surface area contributed by atoms with Gasteiger partial charge in [-0.3, -0.25) is 9.89 Å². The summed E-state index contributed by atoms with van der Waals surface area (Å²) in [5.41, 5.74) is 2.98. The molecule has 1 amide bonds. The number of halogens is 1. The highest BCUT2D eigenvalue weighted by Gasteiger charge is 2.21. The zero-order chi connectivity index (χ0) is 19.4. The lowest BCUT2D eigenvalue weighted by molar-refractivity contribution is -0.123. The summed E-state index contributed by atoms with van der Waals surface area (Å²) in [6, 6.07) is 16.2. The van der Waals surface area contributed by atoms with Crippen molar-refractivity contribution in [3.8, 4) is 11.3 Å². The zero-order valence-electron chi connectivity index (χ0n) is 14.8. The van der Waals surface area contributed by atoms with Gasteiger partial charge in [-0.1, -0.05) is 48.0 Å². The van der Waals surface area contributed by atoms with Crippen LogP contribution in [0.3, 0.4) is 0 Å². The summed E-state index contributed by atoms with van der Waals surface area (Å²) >= 11 is 6.05. The standard InChI is InChI=1S/C20H18ClN3O3/c1-12-15(21)9-6-10-16(12)22-19(25)13(2)27-20(26)18-11-17(23-24-18)14-7-4-3-5-8-14/h3-11,13H,1-2H3,(H,22,25)(H,23,24)/t13-/m0/s1. The molecule has 1 atom stereocenters. The fourth-order valence-corrected chi connectivity index (χ4v) is 2.61. The van der Waals surface area contributed by atoms with Crippen molar-refractivity contribution in [1.29, 1.82) is 0 Å². The normalized spacial score (nSPS) is 11.7. The van der Waals surface area contributed by atoms with E-state index in [0.717, 1.165) is 11.1 Å². The Balaban J connectivity index is 1.64. The number of aromatic nitrogens is 2. The Labute approximate surface area is 161 Å². The number of hydrogen-bond acceptors (Lipinski definition) is 4. The maximum absolute atomic E-state index is 12.3. The highest BCUT2D eigenvalue weighted by atomic mass is 35.5. The fraction of sp³-hybridized carbons (Fsp3) is 0.150. The van der Waals surface area contributed by atoms with E-state index in [4.69, 9.17) is 16.3 Å². The molecule has 7 heteroatoms. The van der Waals surface area contributed by atoms with Gasteiger partial charge in [0.15, 0.2) is 6.10 Å². The molecule has 6 nitrogen and oxygen atoms in total. The first-order chi connectivity index (χ1) is 13.0. The molecular formula is C20H18ClN3O3. The van der Waals surface area contributed by atoms with Crippen molar-refractivity contribution in [2.75, 3.05) is 5.32 Å². The van der Waals surface area contributed by atoms with Crippen LogP contribution in [0.5, 0.6) is 0 Å². The van der Waals surface area contributed by atoms with Crippen molar-refractivity contribution in [2.45, 2.75) is 20.0 Å². The number of carbonyl (C=O) groups excluding carboxylic acids is 2. The van der Waals surface area contributed by atoms with Gasteiger partial charge in [-0.25, -0.2) is 4.79 Å². The lowest BCUT2D eigenvalue weighted by Crippen LogP contribution is -2.30. The molecule has 0 aliphatic carbocycles. The Morgan fingerprint density at radius 3 is 2.63 bits per heavy atom. The van der Waals surface area contributed by atoms with Crippen LogP contribution in [-0.2, 0) is 9.53 Å². The number of anilines is 1.